The molecule has 0 amide bonds. The second-order valence-corrected chi connectivity index (χ2v) is 6.58. The van der Waals surface area contributed by atoms with Gasteiger partial charge in [0, 0.05) is 22.3 Å². The molecule has 0 fully saturated rings. The third-order valence-electron chi connectivity index (χ3n) is 3.43. The van der Waals surface area contributed by atoms with E-state index in [1.165, 1.54) is 11.1 Å². The number of aliphatic hydroxyl groups is 1. The second-order valence-electron chi connectivity index (χ2n) is 5.12. The van der Waals surface area contributed by atoms with E-state index >= 15 is 0 Å². The van der Waals surface area contributed by atoms with Crippen molar-refractivity contribution in [2.45, 2.75) is 32.0 Å². The second kappa shape index (κ2) is 6.82. The van der Waals surface area contributed by atoms with Crippen molar-refractivity contribution in [3.05, 3.63) is 70.3 Å². The molecule has 1 unspecified atom stereocenters. The highest BCUT2D eigenvalue weighted by Gasteiger charge is 2.05. The maximum atomic E-state index is 12.2. The summed E-state index contributed by atoms with van der Waals surface area (Å²) in [6, 6.07) is 13.9. The van der Waals surface area contributed by atoms with E-state index in [0.29, 0.717) is 11.5 Å². The predicted octanol–water partition coefficient (Wildman–Crippen LogP) is 3.24. The fourth-order valence-electron chi connectivity index (χ4n) is 2.06. The molecule has 2 aromatic rings. The number of aryl methyl sites for hydroxylation is 2. The molecule has 0 aromatic heterocycles. The SMILES string of the molecule is Cc1ccc(CS(=O)Cc2ccc(CO)cc2)cc1C. The summed E-state index contributed by atoms with van der Waals surface area (Å²) in [5, 5.41) is 8.99. The Balaban J connectivity index is 1.99. The van der Waals surface area contributed by atoms with Gasteiger partial charge >= 0.3 is 0 Å². The van der Waals surface area contributed by atoms with Gasteiger partial charge in [-0.3, -0.25) is 4.21 Å². The number of hydrogen-bond donors (Lipinski definition) is 1. The van der Waals surface area contributed by atoms with Gasteiger partial charge in [-0.25, -0.2) is 0 Å². The summed E-state index contributed by atoms with van der Waals surface area (Å²) in [6.07, 6.45) is 0. The summed E-state index contributed by atoms with van der Waals surface area (Å²) in [7, 11) is -0.908. The lowest BCUT2D eigenvalue weighted by Crippen LogP contribution is -2.00. The van der Waals surface area contributed by atoms with Gasteiger partial charge in [0.2, 0.25) is 0 Å². The molecule has 1 atom stereocenters. The average molecular weight is 288 g/mol. The fraction of sp³-hybridized carbons (Fsp3) is 0.294. The van der Waals surface area contributed by atoms with Gasteiger partial charge in [0.05, 0.1) is 6.61 Å². The summed E-state index contributed by atoms with van der Waals surface area (Å²) in [6.45, 7) is 4.21. The summed E-state index contributed by atoms with van der Waals surface area (Å²) in [4.78, 5) is 0. The van der Waals surface area contributed by atoms with E-state index in [1.54, 1.807) is 0 Å². The zero-order valence-corrected chi connectivity index (χ0v) is 12.7. The summed E-state index contributed by atoms with van der Waals surface area (Å²) < 4.78 is 12.2. The molecule has 0 aliphatic heterocycles. The van der Waals surface area contributed by atoms with Crippen LogP contribution < -0.4 is 0 Å². The molecule has 106 valence electrons. The lowest BCUT2D eigenvalue weighted by atomic mass is 10.1. The average Bonchev–Trinajstić information content (AvgIpc) is 2.44. The molecule has 0 radical (unpaired) electrons. The molecule has 0 spiro atoms. The first-order valence-electron chi connectivity index (χ1n) is 6.68. The van der Waals surface area contributed by atoms with Crippen molar-refractivity contribution in [1.29, 1.82) is 0 Å². The molecule has 0 saturated heterocycles. The molecular weight excluding hydrogens is 268 g/mol. The maximum Gasteiger partial charge on any atom is 0.0681 e. The van der Waals surface area contributed by atoms with Crippen LogP contribution in [0.1, 0.15) is 27.8 Å². The first kappa shape index (κ1) is 14.9. The molecule has 0 aliphatic rings. The van der Waals surface area contributed by atoms with Crippen molar-refractivity contribution in [2.75, 3.05) is 0 Å². The molecule has 0 bridgehead atoms. The van der Waals surface area contributed by atoms with Crippen molar-refractivity contribution in [3.63, 3.8) is 0 Å². The van der Waals surface area contributed by atoms with Gasteiger partial charge in [0.25, 0.3) is 0 Å². The van der Waals surface area contributed by atoms with E-state index in [1.807, 2.05) is 24.3 Å². The largest absolute Gasteiger partial charge is 0.392 e. The van der Waals surface area contributed by atoms with E-state index in [4.69, 9.17) is 5.11 Å². The molecule has 2 nitrogen and oxygen atoms in total. The molecule has 20 heavy (non-hydrogen) atoms. The molecule has 0 saturated carbocycles. The Labute approximate surface area is 122 Å². The molecule has 0 heterocycles. The quantitative estimate of drug-likeness (QED) is 0.917. The lowest BCUT2D eigenvalue weighted by Gasteiger charge is -2.06. The van der Waals surface area contributed by atoms with Gasteiger partial charge in [0.15, 0.2) is 0 Å². The fourth-order valence-corrected chi connectivity index (χ4v) is 3.27. The van der Waals surface area contributed by atoms with Crippen LogP contribution in [0.4, 0.5) is 0 Å². The minimum absolute atomic E-state index is 0.0476. The van der Waals surface area contributed by atoms with Crippen LogP contribution in [0.25, 0.3) is 0 Å². The smallest absolute Gasteiger partial charge is 0.0681 e. The summed E-state index contributed by atoms with van der Waals surface area (Å²) in [5.41, 5.74) is 5.56. The third-order valence-corrected chi connectivity index (χ3v) is 4.74. The first-order chi connectivity index (χ1) is 9.58. The number of rotatable bonds is 5. The van der Waals surface area contributed by atoms with E-state index in [9.17, 15) is 4.21 Å². The van der Waals surface area contributed by atoms with E-state index in [2.05, 4.69) is 32.0 Å². The number of hydrogen-bond acceptors (Lipinski definition) is 2. The molecule has 3 heteroatoms. The Morgan fingerprint density at radius 3 is 2.00 bits per heavy atom. The monoisotopic (exact) mass is 288 g/mol. The van der Waals surface area contributed by atoms with Gasteiger partial charge in [-0.1, -0.05) is 42.5 Å². The third kappa shape index (κ3) is 4.02. The van der Waals surface area contributed by atoms with Crippen molar-refractivity contribution < 1.29 is 9.32 Å². The topological polar surface area (TPSA) is 37.3 Å². The van der Waals surface area contributed by atoms with Crippen LogP contribution >= 0.6 is 0 Å². The normalized spacial score (nSPS) is 12.3. The van der Waals surface area contributed by atoms with E-state index in [0.717, 1.165) is 16.7 Å². The minimum atomic E-state index is -0.908. The van der Waals surface area contributed by atoms with E-state index in [-0.39, 0.29) is 6.61 Å². The van der Waals surface area contributed by atoms with Crippen LogP contribution in [0.15, 0.2) is 42.5 Å². The van der Waals surface area contributed by atoms with Crippen LogP contribution in [0, 0.1) is 13.8 Å². The maximum absolute atomic E-state index is 12.2. The predicted molar refractivity (Wildman–Crippen MR) is 83.8 cm³/mol. The van der Waals surface area contributed by atoms with Crippen LogP contribution in [-0.4, -0.2) is 9.32 Å². The highest BCUT2D eigenvalue weighted by Crippen LogP contribution is 2.14. The van der Waals surface area contributed by atoms with Crippen LogP contribution in [-0.2, 0) is 28.9 Å². The Kier molecular flexibility index (Phi) is 5.10. The first-order valence-corrected chi connectivity index (χ1v) is 8.17. The Hall–Kier alpha value is -1.45. The van der Waals surface area contributed by atoms with Gasteiger partial charge in [0.1, 0.15) is 0 Å². The summed E-state index contributed by atoms with van der Waals surface area (Å²) >= 11 is 0. The standard InChI is InChI=1S/C17H20O2S/c1-13-3-4-17(9-14(13)2)12-20(19)11-16-7-5-15(10-18)6-8-16/h3-9,18H,10-12H2,1-2H3. The van der Waals surface area contributed by atoms with Crippen molar-refractivity contribution in [3.8, 4) is 0 Å². The van der Waals surface area contributed by atoms with Gasteiger partial charge < -0.3 is 5.11 Å². The molecule has 2 rings (SSSR count). The molecule has 2 aromatic carbocycles. The van der Waals surface area contributed by atoms with Crippen molar-refractivity contribution in [1.82, 2.24) is 0 Å². The Bertz CT molecular complexity index is 603. The van der Waals surface area contributed by atoms with Crippen LogP contribution in [0.5, 0.6) is 0 Å². The molecule has 1 N–H and O–H groups in total. The summed E-state index contributed by atoms with van der Waals surface area (Å²) in [5.74, 6) is 1.14. The lowest BCUT2D eigenvalue weighted by molar-refractivity contribution is 0.282. The highest BCUT2D eigenvalue weighted by molar-refractivity contribution is 7.83. The molecule has 0 aliphatic carbocycles. The van der Waals surface area contributed by atoms with Crippen molar-refractivity contribution in [2.24, 2.45) is 0 Å². The van der Waals surface area contributed by atoms with E-state index < -0.39 is 10.8 Å². The molecular formula is C17H20O2S. The zero-order valence-electron chi connectivity index (χ0n) is 11.9. The zero-order chi connectivity index (χ0) is 14.5. The Morgan fingerprint density at radius 1 is 0.850 bits per heavy atom. The minimum Gasteiger partial charge on any atom is -0.392 e. The van der Waals surface area contributed by atoms with Gasteiger partial charge in [-0.05, 0) is 41.7 Å². The van der Waals surface area contributed by atoms with Crippen molar-refractivity contribution >= 4 is 10.8 Å². The van der Waals surface area contributed by atoms with Gasteiger partial charge in [-0.2, -0.15) is 0 Å². The highest BCUT2D eigenvalue weighted by atomic mass is 32.2. The van der Waals surface area contributed by atoms with Crippen LogP contribution in [0.2, 0.25) is 0 Å². The number of aliphatic hydroxyl groups excluding tert-OH is 1. The number of benzene rings is 2. The van der Waals surface area contributed by atoms with Gasteiger partial charge in [-0.15, -0.1) is 0 Å². The van der Waals surface area contributed by atoms with Crippen LogP contribution in [0.3, 0.4) is 0 Å². The Morgan fingerprint density at radius 2 is 1.40 bits per heavy atom.